The van der Waals surface area contributed by atoms with Gasteiger partial charge in [0.25, 0.3) is 0 Å². The van der Waals surface area contributed by atoms with Crippen LogP contribution in [0.2, 0.25) is 0 Å². The summed E-state index contributed by atoms with van der Waals surface area (Å²) < 4.78 is 7.07. The van der Waals surface area contributed by atoms with Crippen LogP contribution in [0.1, 0.15) is 51.5 Å². The van der Waals surface area contributed by atoms with E-state index in [1.807, 2.05) is 36.6 Å². The van der Waals surface area contributed by atoms with E-state index in [1.165, 1.54) is 11.8 Å². The van der Waals surface area contributed by atoms with Gasteiger partial charge in [0.1, 0.15) is 5.69 Å². The van der Waals surface area contributed by atoms with E-state index in [1.54, 1.807) is 20.8 Å². The number of carbonyl (C=O) groups is 2. The molecule has 0 aliphatic carbocycles. The first-order valence-electron chi connectivity index (χ1n) is 9.89. The maximum absolute atomic E-state index is 12.9. The highest BCUT2D eigenvalue weighted by molar-refractivity contribution is 7.99. The number of esters is 1. The van der Waals surface area contributed by atoms with Gasteiger partial charge in [0.2, 0.25) is 0 Å². The third kappa shape index (κ3) is 4.33. The molecule has 8 heteroatoms. The molecule has 0 spiro atoms. The number of aryl methyl sites for hydroxylation is 2. The number of Topliss-reactive ketones (excluding diaryl/α,β-unsaturated/α-hetero) is 1. The fourth-order valence-electron chi connectivity index (χ4n) is 3.46. The average Bonchev–Trinajstić information content (AvgIpc) is 3.26. The van der Waals surface area contributed by atoms with Gasteiger partial charge in [-0.05, 0) is 46.2 Å². The second-order valence-corrected chi connectivity index (χ2v) is 7.92. The molecule has 0 fully saturated rings. The number of hydrogen-bond donors (Lipinski definition) is 1. The summed E-state index contributed by atoms with van der Waals surface area (Å²) in [4.78, 5) is 28.0. The van der Waals surface area contributed by atoms with Crippen molar-refractivity contribution in [3.8, 4) is 11.4 Å². The van der Waals surface area contributed by atoms with Crippen molar-refractivity contribution >= 4 is 23.5 Å². The lowest BCUT2D eigenvalue weighted by Gasteiger charge is -2.08. The Balaban J connectivity index is 1.80. The van der Waals surface area contributed by atoms with E-state index in [0.717, 1.165) is 17.0 Å². The molecule has 7 nitrogen and oxygen atoms in total. The highest BCUT2D eigenvalue weighted by Gasteiger charge is 2.23. The largest absolute Gasteiger partial charge is 0.461 e. The SMILES string of the molecule is CCOC(=O)c1[nH]c(C)c(C(=O)CSc2nnc(-c3cccc(C)c3)n2CC)c1C. The Kier molecular flexibility index (Phi) is 6.77. The van der Waals surface area contributed by atoms with Crippen LogP contribution in [0.5, 0.6) is 0 Å². The molecule has 30 heavy (non-hydrogen) atoms. The predicted octanol–water partition coefficient (Wildman–Crippen LogP) is 4.37. The molecule has 0 unspecified atom stereocenters. The van der Waals surface area contributed by atoms with Gasteiger partial charge in [-0.2, -0.15) is 0 Å². The quantitative estimate of drug-likeness (QED) is 0.327. The van der Waals surface area contributed by atoms with E-state index >= 15 is 0 Å². The Morgan fingerprint density at radius 1 is 1.17 bits per heavy atom. The molecule has 1 N–H and O–H groups in total. The van der Waals surface area contributed by atoms with Gasteiger partial charge in [0.15, 0.2) is 16.8 Å². The smallest absolute Gasteiger partial charge is 0.355 e. The first-order valence-corrected chi connectivity index (χ1v) is 10.9. The number of ketones is 1. The Labute approximate surface area is 180 Å². The number of aromatic amines is 1. The van der Waals surface area contributed by atoms with Crippen LogP contribution in [0.4, 0.5) is 0 Å². The topological polar surface area (TPSA) is 89.9 Å². The van der Waals surface area contributed by atoms with Crippen LogP contribution >= 0.6 is 11.8 Å². The summed E-state index contributed by atoms with van der Waals surface area (Å²) in [5, 5.41) is 9.34. The molecule has 2 heterocycles. The number of ether oxygens (including phenoxy) is 1. The monoisotopic (exact) mass is 426 g/mol. The average molecular weight is 427 g/mol. The summed E-state index contributed by atoms with van der Waals surface area (Å²) in [7, 11) is 0. The van der Waals surface area contributed by atoms with Crippen LogP contribution in [-0.2, 0) is 11.3 Å². The van der Waals surface area contributed by atoms with Gasteiger partial charge in [-0.25, -0.2) is 4.79 Å². The number of benzene rings is 1. The molecule has 3 rings (SSSR count). The Morgan fingerprint density at radius 2 is 1.93 bits per heavy atom. The van der Waals surface area contributed by atoms with Crippen LogP contribution in [-0.4, -0.2) is 43.9 Å². The third-order valence-corrected chi connectivity index (χ3v) is 5.80. The summed E-state index contributed by atoms with van der Waals surface area (Å²) in [5.41, 5.74) is 4.30. The maximum atomic E-state index is 12.9. The predicted molar refractivity (Wildman–Crippen MR) is 117 cm³/mol. The zero-order chi connectivity index (χ0) is 21.8. The second kappa shape index (κ2) is 9.30. The lowest BCUT2D eigenvalue weighted by molar-refractivity contribution is 0.0519. The van der Waals surface area contributed by atoms with Gasteiger partial charge in [0, 0.05) is 23.4 Å². The van der Waals surface area contributed by atoms with E-state index in [-0.39, 0.29) is 18.1 Å². The van der Waals surface area contributed by atoms with Crippen molar-refractivity contribution in [2.24, 2.45) is 0 Å². The number of H-pyrrole nitrogens is 1. The van der Waals surface area contributed by atoms with Crippen molar-refractivity contribution in [1.82, 2.24) is 19.7 Å². The standard InChI is InChI=1S/C22H26N4O3S/c1-6-26-20(16-10-8-9-13(3)11-16)24-25-22(26)30-12-17(27)18-14(4)19(23-15(18)5)21(28)29-7-2/h8-11,23H,6-7,12H2,1-5H3. The second-order valence-electron chi connectivity index (χ2n) is 6.98. The fraction of sp³-hybridized carbons (Fsp3) is 0.364. The van der Waals surface area contributed by atoms with Gasteiger partial charge in [0.05, 0.1) is 12.4 Å². The van der Waals surface area contributed by atoms with E-state index in [0.29, 0.717) is 34.2 Å². The first kappa shape index (κ1) is 21.8. The Bertz CT molecular complexity index is 1080. The number of thioether (sulfide) groups is 1. The van der Waals surface area contributed by atoms with Gasteiger partial charge in [-0.3, -0.25) is 4.79 Å². The summed E-state index contributed by atoms with van der Waals surface area (Å²) in [6.45, 7) is 10.3. The minimum absolute atomic E-state index is 0.0652. The lowest BCUT2D eigenvalue weighted by Crippen LogP contribution is -2.09. The summed E-state index contributed by atoms with van der Waals surface area (Å²) in [6.07, 6.45) is 0. The molecule has 2 aromatic heterocycles. The molecule has 0 aliphatic rings. The molecule has 0 saturated heterocycles. The van der Waals surface area contributed by atoms with Gasteiger partial charge < -0.3 is 14.3 Å². The van der Waals surface area contributed by atoms with E-state index in [9.17, 15) is 9.59 Å². The maximum Gasteiger partial charge on any atom is 0.355 e. The zero-order valence-corrected chi connectivity index (χ0v) is 18.7. The van der Waals surface area contributed by atoms with E-state index in [4.69, 9.17) is 4.74 Å². The van der Waals surface area contributed by atoms with Crippen LogP contribution in [0.15, 0.2) is 29.4 Å². The summed E-state index contributed by atoms with van der Waals surface area (Å²) in [6, 6.07) is 8.11. The molecule has 0 bridgehead atoms. The molecular weight excluding hydrogens is 400 g/mol. The Hall–Kier alpha value is -2.87. The van der Waals surface area contributed by atoms with E-state index < -0.39 is 5.97 Å². The van der Waals surface area contributed by atoms with Crippen LogP contribution < -0.4 is 0 Å². The van der Waals surface area contributed by atoms with Crippen molar-refractivity contribution in [3.63, 3.8) is 0 Å². The van der Waals surface area contributed by atoms with Crippen LogP contribution in [0, 0.1) is 20.8 Å². The molecular formula is C22H26N4O3S. The van der Waals surface area contributed by atoms with Crippen LogP contribution in [0.3, 0.4) is 0 Å². The normalized spacial score (nSPS) is 11.0. The molecule has 0 aliphatic heterocycles. The van der Waals surface area contributed by atoms with Gasteiger partial charge in [-0.1, -0.05) is 35.5 Å². The highest BCUT2D eigenvalue weighted by atomic mass is 32.2. The Morgan fingerprint density at radius 3 is 2.60 bits per heavy atom. The van der Waals surface area contributed by atoms with Gasteiger partial charge in [-0.15, -0.1) is 10.2 Å². The minimum Gasteiger partial charge on any atom is -0.461 e. The molecule has 1 aromatic carbocycles. The molecule has 0 saturated carbocycles. The van der Waals surface area contributed by atoms with Crippen molar-refractivity contribution in [1.29, 1.82) is 0 Å². The van der Waals surface area contributed by atoms with Crippen LogP contribution in [0.25, 0.3) is 11.4 Å². The van der Waals surface area contributed by atoms with Gasteiger partial charge >= 0.3 is 5.97 Å². The number of nitrogens with zero attached hydrogens (tertiary/aromatic N) is 3. The lowest BCUT2D eigenvalue weighted by atomic mass is 10.1. The minimum atomic E-state index is -0.446. The van der Waals surface area contributed by atoms with E-state index in [2.05, 4.69) is 21.2 Å². The highest BCUT2D eigenvalue weighted by Crippen LogP contribution is 2.27. The number of rotatable bonds is 8. The van der Waals surface area contributed by atoms with Crippen molar-refractivity contribution < 1.29 is 14.3 Å². The fourth-order valence-corrected chi connectivity index (χ4v) is 4.33. The summed E-state index contributed by atoms with van der Waals surface area (Å²) in [5.74, 6) is 0.478. The first-order chi connectivity index (χ1) is 14.4. The molecule has 3 aromatic rings. The zero-order valence-electron chi connectivity index (χ0n) is 17.9. The van der Waals surface area contributed by atoms with Crippen molar-refractivity contribution in [3.05, 3.63) is 52.3 Å². The number of carbonyl (C=O) groups excluding carboxylic acids is 2. The number of aromatic nitrogens is 4. The van der Waals surface area contributed by atoms with Crippen molar-refractivity contribution in [2.75, 3.05) is 12.4 Å². The summed E-state index contributed by atoms with van der Waals surface area (Å²) >= 11 is 1.35. The van der Waals surface area contributed by atoms with Crippen molar-refractivity contribution in [2.45, 2.75) is 46.3 Å². The molecule has 0 atom stereocenters. The third-order valence-electron chi connectivity index (χ3n) is 4.84. The molecule has 158 valence electrons. The molecule has 0 amide bonds. The molecule has 0 radical (unpaired) electrons. The number of hydrogen-bond acceptors (Lipinski definition) is 6. The number of nitrogens with one attached hydrogen (secondary N) is 1.